The fourth-order valence-corrected chi connectivity index (χ4v) is 2.54. The normalized spacial score (nSPS) is 16.1. The van der Waals surface area contributed by atoms with Crippen molar-refractivity contribution in [1.29, 1.82) is 0 Å². The largest absolute Gasteiger partial charge is 0.293 e. The van der Waals surface area contributed by atoms with Crippen LogP contribution in [0.15, 0.2) is 48.5 Å². The summed E-state index contributed by atoms with van der Waals surface area (Å²) in [7, 11) is 0. The molecule has 96 valence electrons. The summed E-state index contributed by atoms with van der Waals surface area (Å²) in [5.74, 6) is -0.186. The molecule has 3 rings (SSSR count). The Bertz CT molecular complexity index is 612. The van der Waals surface area contributed by atoms with Crippen molar-refractivity contribution in [2.24, 2.45) is 0 Å². The monoisotopic (exact) mass is 274 g/mol. The minimum absolute atomic E-state index is 0.0933. The summed E-state index contributed by atoms with van der Waals surface area (Å²) in [6.45, 7) is 0. The number of carbonyl (C=O) groups excluding carboxylic acids is 1. The molecule has 0 amide bonds. The summed E-state index contributed by atoms with van der Waals surface area (Å²) < 4.78 is 13.0. The van der Waals surface area contributed by atoms with Crippen LogP contribution in [0.1, 0.15) is 28.8 Å². The third kappa shape index (κ3) is 2.17. The third-order valence-corrected chi connectivity index (χ3v) is 3.94. The van der Waals surface area contributed by atoms with Crippen molar-refractivity contribution in [3.63, 3.8) is 0 Å². The number of carbonyl (C=O) groups is 1. The first kappa shape index (κ1) is 12.4. The minimum Gasteiger partial charge on any atom is -0.293 e. The Morgan fingerprint density at radius 1 is 1.00 bits per heavy atom. The number of benzene rings is 2. The molecule has 0 bridgehead atoms. The fourth-order valence-electron chi connectivity index (χ4n) is 2.42. The molecule has 1 nitrogen and oxygen atoms in total. The van der Waals surface area contributed by atoms with Crippen LogP contribution in [0.4, 0.5) is 4.39 Å². The van der Waals surface area contributed by atoms with Crippen molar-refractivity contribution in [3.05, 3.63) is 70.5 Å². The zero-order valence-electron chi connectivity index (χ0n) is 10.2. The zero-order chi connectivity index (χ0) is 13.5. The highest BCUT2D eigenvalue weighted by atomic mass is 35.5. The van der Waals surface area contributed by atoms with Gasteiger partial charge in [0.1, 0.15) is 5.82 Å². The van der Waals surface area contributed by atoms with Gasteiger partial charge in [-0.25, -0.2) is 4.39 Å². The Morgan fingerprint density at radius 3 is 2.11 bits per heavy atom. The molecule has 1 saturated carbocycles. The fraction of sp³-hybridized carbons (Fsp3) is 0.188. The lowest BCUT2D eigenvalue weighted by Gasteiger charge is -2.14. The first-order valence-corrected chi connectivity index (χ1v) is 6.56. The maximum absolute atomic E-state index is 13.0. The quantitative estimate of drug-likeness (QED) is 0.759. The van der Waals surface area contributed by atoms with Crippen molar-refractivity contribution in [1.82, 2.24) is 0 Å². The van der Waals surface area contributed by atoms with Crippen LogP contribution in [0.3, 0.4) is 0 Å². The van der Waals surface area contributed by atoms with Gasteiger partial charge in [-0.2, -0.15) is 0 Å². The van der Waals surface area contributed by atoms with Gasteiger partial charge in [-0.3, -0.25) is 4.79 Å². The molecule has 2 aromatic rings. The van der Waals surface area contributed by atoms with E-state index in [2.05, 4.69) is 0 Å². The van der Waals surface area contributed by atoms with Gasteiger partial charge in [-0.1, -0.05) is 23.7 Å². The van der Waals surface area contributed by atoms with E-state index in [1.54, 1.807) is 36.4 Å². The summed E-state index contributed by atoms with van der Waals surface area (Å²) in [6.07, 6.45) is 1.64. The molecule has 0 aromatic heterocycles. The van der Waals surface area contributed by atoms with E-state index in [4.69, 9.17) is 11.6 Å². The molecule has 0 aliphatic heterocycles. The molecule has 0 atom stereocenters. The third-order valence-electron chi connectivity index (χ3n) is 3.69. The van der Waals surface area contributed by atoms with Crippen LogP contribution in [0.2, 0.25) is 5.02 Å². The summed E-state index contributed by atoms with van der Waals surface area (Å²) in [4.78, 5) is 12.6. The molecule has 0 saturated heterocycles. The maximum Gasteiger partial charge on any atom is 0.173 e. The summed E-state index contributed by atoms with van der Waals surface area (Å²) in [6, 6.07) is 13.1. The average molecular weight is 275 g/mol. The van der Waals surface area contributed by atoms with Gasteiger partial charge in [0.25, 0.3) is 0 Å². The van der Waals surface area contributed by atoms with Gasteiger partial charge < -0.3 is 0 Å². The van der Waals surface area contributed by atoms with E-state index in [0.717, 1.165) is 18.4 Å². The maximum atomic E-state index is 13.0. The highest BCUT2D eigenvalue weighted by Crippen LogP contribution is 2.50. The molecule has 3 heteroatoms. The van der Waals surface area contributed by atoms with Crippen molar-refractivity contribution < 1.29 is 9.18 Å². The summed E-state index contributed by atoms with van der Waals surface area (Å²) in [5, 5.41) is 0.614. The Labute approximate surface area is 116 Å². The molecule has 0 unspecified atom stereocenters. The predicted octanol–water partition coefficient (Wildman–Crippen LogP) is 4.39. The first-order chi connectivity index (χ1) is 9.12. The van der Waals surface area contributed by atoms with E-state index in [0.29, 0.717) is 10.6 Å². The van der Waals surface area contributed by atoms with Crippen molar-refractivity contribution in [2.75, 3.05) is 0 Å². The topological polar surface area (TPSA) is 17.1 Å². The molecule has 1 aliphatic carbocycles. The second kappa shape index (κ2) is 4.46. The van der Waals surface area contributed by atoms with Gasteiger partial charge in [0.05, 0.1) is 5.41 Å². The van der Waals surface area contributed by atoms with E-state index < -0.39 is 5.41 Å². The van der Waals surface area contributed by atoms with Crippen LogP contribution in [-0.2, 0) is 5.41 Å². The molecule has 0 N–H and O–H groups in total. The summed E-state index contributed by atoms with van der Waals surface area (Å²) in [5.41, 5.74) is 1.10. The zero-order valence-corrected chi connectivity index (χ0v) is 11.0. The second-order valence-electron chi connectivity index (χ2n) is 4.93. The lowest BCUT2D eigenvalue weighted by molar-refractivity contribution is 0.0946. The highest BCUT2D eigenvalue weighted by molar-refractivity contribution is 6.30. The van der Waals surface area contributed by atoms with Crippen LogP contribution in [-0.4, -0.2) is 5.78 Å². The Morgan fingerprint density at radius 2 is 1.58 bits per heavy atom. The average Bonchev–Trinajstić information content (AvgIpc) is 3.21. The van der Waals surface area contributed by atoms with Crippen molar-refractivity contribution >= 4 is 17.4 Å². The van der Waals surface area contributed by atoms with Crippen LogP contribution < -0.4 is 0 Å². The number of hydrogen-bond acceptors (Lipinski definition) is 1. The van der Waals surface area contributed by atoms with Crippen LogP contribution in [0.5, 0.6) is 0 Å². The van der Waals surface area contributed by atoms with E-state index in [1.807, 2.05) is 0 Å². The number of halogens is 2. The second-order valence-corrected chi connectivity index (χ2v) is 5.36. The van der Waals surface area contributed by atoms with Gasteiger partial charge in [-0.05, 0) is 54.8 Å². The number of Topliss-reactive ketones (excluding diaryl/α,β-unsaturated/α-hetero) is 1. The molecule has 19 heavy (non-hydrogen) atoms. The predicted molar refractivity (Wildman–Crippen MR) is 73.1 cm³/mol. The van der Waals surface area contributed by atoms with E-state index in [1.165, 1.54) is 12.1 Å². The molecule has 2 aromatic carbocycles. The standard InChI is InChI=1S/C16H12ClFO/c17-13-5-1-11(2-6-13)15(19)16(9-10-16)12-3-7-14(18)8-4-12/h1-8H,9-10H2. The highest BCUT2D eigenvalue weighted by Gasteiger charge is 2.51. The summed E-state index contributed by atoms with van der Waals surface area (Å²) >= 11 is 5.83. The molecule has 1 fully saturated rings. The molecule has 1 aliphatic rings. The van der Waals surface area contributed by atoms with Gasteiger partial charge in [-0.15, -0.1) is 0 Å². The van der Waals surface area contributed by atoms with Crippen molar-refractivity contribution in [3.8, 4) is 0 Å². The van der Waals surface area contributed by atoms with Gasteiger partial charge in [0, 0.05) is 10.6 Å². The van der Waals surface area contributed by atoms with Gasteiger partial charge in [0.2, 0.25) is 0 Å². The lowest BCUT2D eigenvalue weighted by atomic mass is 9.87. The Balaban J connectivity index is 1.94. The van der Waals surface area contributed by atoms with Crippen molar-refractivity contribution in [2.45, 2.75) is 18.3 Å². The number of rotatable bonds is 3. The number of ketones is 1. The first-order valence-electron chi connectivity index (χ1n) is 6.18. The Hall–Kier alpha value is -1.67. The van der Waals surface area contributed by atoms with Gasteiger partial charge >= 0.3 is 0 Å². The number of hydrogen-bond donors (Lipinski definition) is 0. The van der Waals surface area contributed by atoms with Crippen LogP contribution in [0, 0.1) is 5.82 Å². The molecular formula is C16H12ClFO. The van der Waals surface area contributed by atoms with Gasteiger partial charge in [0.15, 0.2) is 5.78 Å². The lowest BCUT2D eigenvalue weighted by Crippen LogP contribution is -2.20. The van der Waals surface area contributed by atoms with Crippen LogP contribution >= 0.6 is 11.6 Å². The van der Waals surface area contributed by atoms with E-state index in [-0.39, 0.29) is 11.6 Å². The molecule has 0 heterocycles. The SMILES string of the molecule is O=C(c1ccc(Cl)cc1)C1(c2ccc(F)cc2)CC1. The minimum atomic E-state index is -0.457. The van der Waals surface area contributed by atoms with E-state index >= 15 is 0 Å². The Kier molecular flexibility index (Phi) is 2.90. The molecule has 0 radical (unpaired) electrons. The molecular weight excluding hydrogens is 263 g/mol. The van der Waals surface area contributed by atoms with Crippen LogP contribution in [0.25, 0.3) is 0 Å². The molecule has 0 spiro atoms. The smallest absolute Gasteiger partial charge is 0.173 e. The van der Waals surface area contributed by atoms with E-state index in [9.17, 15) is 9.18 Å².